The Kier molecular flexibility index (Phi) is 3.89. The fourth-order valence-electron chi connectivity index (χ4n) is 4.43. The van der Waals surface area contributed by atoms with Crippen LogP contribution in [0.4, 0.5) is 0 Å². The molecule has 0 saturated carbocycles. The van der Waals surface area contributed by atoms with Gasteiger partial charge >= 0.3 is 0 Å². The maximum Gasteiger partial charge on any atom is 0.0818 e. The summed E-state index contributed by atoms with van der Waals surface area (Å²) in [4.78, 5) is 0. The van der Waals surface area contributed by atoms with Gasteiger partial charge in [-0.2, -0.15) is 0 Å². The molecule has 24 heavy (non-hydrogen) atoms. The third-order valence-corrected chi connectivity index (χ3v) is 6.02. The fraction of sp³-hybridized carbons (Fsp3) is 0.700. The van der Waals surface area contributed by atoms with E-state index in [0.717, 1.165) is 52.1 Å². The van der Waals surface area contributed by atoms with E-state index in [2.05, 4.69) is 30.3 Å². The van der Waals surface area contributed by atoms with Gasteiger partial charge in [0.15, 0.2) is 0 Å². The second kappa shape index (κ2) is 6.10. The second-order valence-corrected chi connectivity index (χ2v) is 7.92. The molecule has 1 aromatic rings. The minimum Gasteiger partial charge on any atom is -0.373 e. The van der Waals surface area contributed by atoms with Crippen molar-refractivity contribution >= 4 is 0 Å². The van der Waals surface area contributed by atoms with Crippen molar-refractivity contribution in [1.29, 1.82) is 0 Å². The first kappa shape index (κ1) is 15.3. The van der Waals surface area contributed by atoms with Gasteiger partial charge in [0.1, 0.15) is 0 Å². The maximum atomic E-state index is 5.68. The van der Waals surface area contributed by atoms with Crippen LogP contribution in [0.15, 0.2) is 30.3 Å². The molecular formula is C20H26O4. The SMILES string of the molecule is c1ccc(C(CC2CO2)(CC2CO2)C(CC2CO2)CC2CO2)cc1. The highest BCUT2D eigenvalue weighted by molar-refractivity contribution is 5.28. The molecule has 4 aliphatic rings. The van der Waals surface area contributed by atoms with Gasteiger partial charge in [0.25, 0.3) is 0 Å². The van der Waals surface area contributed by atoms with Crippen molar-refractivity contribution in [1.82, 2.24) is 0 Å². The smallest absolute Gasteiger partial charge is 0.0818 e. The highest BCUT2D eigenvalue weighted by atomic mass is 16.6. The van der Waals surface area contributed by atoms with Gasteiger partial charge in [0.05, 0.1) is 50.8 Å². The van der Waals surface area contributed by atoms with Gasteiger partial charge in [-0.15, -0.1) is 0 Å². The lowest BCUT2D eigenvalue weighted by Crippen LogP contribution is -2.40. The van der Waals surface area contributed by atoms with Crippen LogP contribution in [-0.2, 0) is 24.4 Å². The molecule has 130 valence electrons. The zero-order chi connectivity index (χ0) is 16.0. The van der Waals surface area contributed by atoms with Crippen molar-refractivity contribution in [2.75, 3.05) is 26.4 Å². The Labute approximate surface area is 143 Å². The molecule has 0 N–H and O–H groups in total. The monoisotopic (exact) mass is 330 g/mol. The number of hydrogen-bond donors (Lipinski definition) is 0. The van der Waals surface area contributed by atoms with Gasteiger partial charge in [-0.25, -0.2) is 0 Å². The Morgan fingerprint density at radius 1 is 0.750 bits per heavy atom. The van der Waals surface area contributed by atoms with E-state index in [0.29, 0.717) is 30.3 Å². The van der Waals surface area contributed by atoms with Gasteiger partial charge in [-0.3, -0.25) is 0 Å². The summed E-state index contributed by atoms with van der Waals surface area (Å²) in [5.74, 6) is 0.563. The van der Waals surface area contributed by atoms with Gasteiger partial charge < -0.3 is 18.9 Å². The first-order valence-corrected chi connectivity index (χ1v) is 9.34. The van der Waals surface area contributed by atoms with Gasteiger partial charge in [-0.05, 0) is 37.2 Å². The Hall–Kier alpha value is -0.940. The first-order valence-electron chi connectivity index (χ1n) is 9.34. The van der Waals surface area contributed by atoms with Crippen LogP contribution in [0.3, 0.4) is 0 Å². The van der Waals surface area contributed by atoms with Crippen molar-refractivity contribution in [2.24, 2.45) is 5.92 Å². The predicted octanol–water partition coefficient (Wildman–Crippen LogP) is 2.70. The number of rotatable bonds is 10. The van der Waals surface area contributed by atoms with Crippen molar-refractivity contribution in [3.8, 4) is 0 Å². The highest BCUT2D eigenvalue weighted by Crippen LogP contribution is 2.50. The van der Waals surface area contributed by atoms with Crippen LogP contribution in [0.25, 0.3) is 0 Å². The number of hydrogen-bond acceptors (Lipinski definition) is 4. The van der Waals surface area contributed by atoms with E-state index in [1.165, 1.54) is 5.56 Å². The maximum absolute atomic E-state index is 5.68. The Morgan fingerprint density at radius 3 is 1.62 bits per heavy atom. The van der Waals surface area contributed by atoms with E-state index in [1.54, 1.807) is 0 Å². The largest absolute Gasteiger partial charge is 0.373 e. The van der Waals surface area contributed by atoms with E-state index >= 15 is 0 Å². The van der Waals surface area contributed by atoms with E-state index in [-0.39, 0.29) is 5.41 Å². The molecule has 4 unspecified atom stereocenters. The molecule has 4 heteroatoms. The average molecular weight is 330 g/mol. The summed E-state index contributed by atoms with van der Waals surface area (Å²) in [6.07, 6.45) is 6.16. The van der Waals surface area contributed by atoms with Crippen molar-refractivity contribution in [3.05, 3.63) is 35.9 Å². The lowest BCUT2D eigenvalue weighted by atomic mass is 9.62. The molecule has 0 aliphatic carbocycles. The van der Waals surface area contributed by atoms with Gasteiger partial charge in [0.2, 0.25) is 0 Å². The standard InChI is InChI=1S/C20H26O4/c1-2-4-14(5-3-1)20(8-18-12-23-18,9-19-13-24-19)15(6-16-10-21-16)7-17-11-22-17/h1-5,15-19H,6-13H2. The molecule has 0 aromatic heterocycles. The third kappa shape index (κ3) is 3.52. The van der Waals surface area contributed by atoms with Crippen LogP contribution in [0, 0.1) is 5.92 Å². The lowest BCUT2D eigenvalue weighted by molar-refractivity contribution is 0.149. The molecule has 4 saturated heterocycles. The van der Waals surface area contributed by atoms with E-state index in [4.69, 9.17) is 18.9 Å². The number of ether oxygens (including phenoxy) is 4. The molecule has 5 rings (SSSR count). The van der Waals surface area contributed by atoms with Crippen LogP contribution < -0.4 is 0 Å². The van der Waals surface area contributed by atoms with E-state index in [1.807, 2.05) is 0 Å². The summed E-state index contributed by atoms with van der Waals surface area (Å²) in [5, 5.41) is 0. The van der Waals surface area contributed by atoms with Crippen LogP contribution >= 0.6 is 0 Å². The quantitative estimate of drug-likeness (QED) is 0.619. The molecule has 1 aromatic carbocycles. The average Bonchev–Trinajstić information content (AvgIpc) is 3.45. The Morgan fingerprint density at radius 2 is 1.21 bits per heavy atom. The molecule has 4 aliphatic heterocycles. The summed E-state index contributed by atoms with van der Waals surface area (Å²) in [6, 6.07) is 11.1. The van der Waals surface area contributed by atoms with Crippen LogP contribution in [0.2, 0.25) is 0 Å². The van der Waals surface area contributed by atoms with Crippen LogP contribution in [0.5, 0.6) is 0 Å². The fourth-order valence-corrected chi connectivity index (χ4v) is 4.43. The summed E-state index contributed by atoms with van der Waals surface area (Å²) >= 11 is 0. The molecule has 4 atom stereocenters. The first-order chi connectivity index (χ1) is 11.8. The van der Waals surface area contributed by atoms with Gasteiger partial charge in [-0.1, -0.05) is 30.3 Å². The molecule has 0 amide bonds. The highest BCUT2D eigenvalue weighted by Gasteiger charge is 2.50. The molecule has 0 spiro atoms. The zero-order valence-corrected chi connectivity index (χ0v) is 14.1. The van der Waals surface area contributed by atoms with Crippen molar-refractivity contribution in [2.45, 2.75) is 55.5 Å². The van der Waals surface area contributed by atoms with Crippen molar-refractivity contribution in [3.63, 3.8) is 0 Å². The van der Waals surface area contributed by atoms with Gasteiger partial charge in [0, 0.05) is 5.41 Å². The summed E-state index contributed by atoms with van der Waals surface area (Å²) in [6.45, 7) is 3.67. The third-order valence-electron chi connectivity index (χ3n) is 6.02. The summed E-state index contributed by atoms with van der Waals surface area (Å²) in [5.41, 5.74) is 1.56. The molecule has 0 bridgehead atoms. The minimum atomic E-state index is 0.113. The summed E-state index contributed by atoms with van der Waals surface area (Å²) < 4.78 is 22.6. The van der Waals surface area contributed by atoms with Crippen LogP contribution in [0.1, 0.15) is 31.2 Å². The molecule has 4 nitrogen and oxygen atoms in total. The Balaban J connectivity index is 1.50. The van der Waals surface area contributed by atoms with Crippen molar-refractivity contribution < 1.29 is 18.9 Å². The number of epoxide rings is 4. The Bertz CT molecular complexity index is 530. The molecule has 4 heterocycles. The van der Waals surface area contributed by atoms with Crippen LogP contribution in [-0.4, -0.2) is 50.8 Å². The zero-order valence-electron chi connectivity index (χ0n) is 14.1. The molecule has 0 radical (unpaired) electrons. The summed E-state index contributed by atoms with van der Waals surface area (Å²) in [7, 11) is 0. The normalized spacial score (nSPS) is 36.7. The van der Waals surface area contributed by atoms with E-state index in [9.17, 15) is 0 Å². The molecule has 4 fully saturated rings. The predicted molar refractivity (Wildman–Crippen MR) is 89.0 cm³/mol. The second-order valence-electron chi connectivity index (χ2n) is 7.92. The number of benzene rings is 1. The minimum absolute atomic E-state index is 0.113. The van der Waals surface area contributed by atoms with E-state index < -0.39 is 0 Å². The lowest BCUT2D eigenvalue weighted by Gasteiger charge is -2.41. The topological polar surface area (TPSA) is 50.1 Å². The molecular weight excluding hydrogens is 304 g/mol.